The number of fused-ring (bicyclic) bond motifs is 5. The molecule has 5 rings (SSSR count). The van der Waals surface area contributed by atoms with Gasteiger partial charge in [0.15, 0.2) is 0 Å². The number of hydrogen-bond acceptors (Lipinski definition) is 6. The van der Waals surface area contributed by atoms with Gasteiger partial charge in [-0.05, 0) is 149 Å². The maximum Gasteiger partial charge on any atom is 0.407 e. The molecule has 4 unspecified atom stereocenters. The summed E-state index contributed by atoms with van der Waals surface area (Å²) in [4.78, 5) is 15.6. The molecular formula is C60H108N2O5. The summed E-state index contributed by atoms with van der Waals surface area (Å²) in [6.07, 6.45) is 43.6. The van der Waals surface area contributed by atoms with E-state index in [1.807, 2.05) is 0 Å². The van der Waals surface area contributed by atoms with Gasteiger partial charge < -0.3 is 29.2 Å². The molecule has 4 aliphatic carbocycles. The maximum absolute atomic E-state index is 13.0. The molecule has 7 nitrogen and oxygen atoms in total. The summed E-state index contributed by atoms with van der Waals surface area (Å²) in [6.45, 7) is 23.9. The van der Waals surface area contributed by atoms with Crippen molar-refractivity contribution in [3.8, 4) is 0 Å². The van der Waals surface area contributed by atoms with Crippen LogP contribution in [0.3, 0.4) is 0 Å². The van der Waals surface area contributed by atoms with E-state index in [0.717, 1.165) is 86.8 Å². The summed E-state index contributed by atoms with van der Waals surface area (Å²) >= 11 is 0. The molecule has 5 aliphatic rings. The third kappa shape index (κ3) is 18.6. The molecule has 0 aromatic heterocycles. The highest BCUT2D eigenvalue weighted by Crippen LogP contribution is 2.67. The molecule has 0 aromatic rings. The van der Waals surface area contributed by atoms with Gasteiger partial charge in [-0.15, -0.1) is 0 Å². The first-order valence-corrected chi connectivity index (χ1v) is 29.4. The Bertz CT molecular complexity index is 1400. The molecule has 4 fully saturated rings. The van der Waals surface area contributed by atoms with Crippen molar-refractivity contribution in [2.45, 2.75) is 240 Å². The second kappa shape index (κ2) is 31.1. The van der Waals surface area contributed by atoms with Crippen LogP contribution in [0.25, 0.3) is 0 Å². The quantitative estimate of drug-likeness (QED) is 0.0504. The van der Waals surface area contributed by atoms with Crippen LogP contribution < -0.4 is 5.32 Å². The van der Waals surface area contributed by atoms with Gasteiger partial charge in [-0.3, -0.25) is 0 Å². The van der Waals surface area contributed by atoms with E-state index in [9.17, 15) is 4.79 Å². The molecule has 1 aliphatic heterocycles. The van der Waals surface area contributed by atoms with Gasteiger partial charge in [0.25, 0.3) is 0 Å². The lowest BCUT2D eigenvalue weighted by molar-refractivity contribution is -0.0582. The van der Waals surface area contributed by atoms with Crippen molar-refractivity contribution >= 4 is 6.09 Å². The number of carbonyl (C=O) groups is 1. The van der Waals surface area contributed by atoms with E-state index in [1.165, 1.54) is 161 Å². The molecular weight excluding hydrogens is 829 g/mol. The maximum atomic E-state index is 13.0. The number of amides is 1. The lowest BCUT2D eigenvalue weighted by Gasteiger charge is -2.58. The molecule has 67 heavy (non-hydrogen) atoms. The minimum Gasteiger partial charge on any atom is -0.446 e. The summed E-state index contributed by atoms with van der Waals surface area (Å²) in [7, 11) is 0. The molecule has 10 atom stereocenters. The Kier molecular flexibility index (Phi) is 26.3. The number of alkyl carbamates (subject to hydrolysis) is 1. The molecule has 3 saturated carbocycles. The van der Waals surface area contributed by atoms with Crippen LogP contribution in [0.15, 0.2) is 23.8 Å². The van der Waals surface area contributed by atoms with E-state index in [-0.39, 0.29) is 23.7 Å². The van der Waals surface area contributed by atoms with E-state index in [2.05, 4.69) is 76.9 Å². The SMILES string of the molecule is CCCCCCCC/C=C\CCCCCCCCOCC(CN1CC[C@@H](CCC)C1)OCCOCCNC(=O)OC1CC[C@@]2(C)C(=CC[C@H]3C2CC[C@@]2(C)C3CC[C@@H]2[C@H](C)CCCC(C)C)C1. The van der Waals surface area contributed by atoms with Crippen LogP contribution in [0.2, 0.25) is 0 Å². The molecule has 0 bridgehead atoms. The van der Waals surface area contributed by atoms with Gasteiger partial charge in [0.2, 0.25) is 0 Å². The molecule has 1 amide bonds. The Labute approximate surface area is 414 Å². The van der Waals surface area contributed by atoms with E-state index < -0.39 is 0 Å². The van der Waals surface area contributed by atoms with Gasteiger partial charge >= 0.3 is 6.09 Å². The topological polar surface area (TPSA) is 69.3 Å². The number of nitrogens with one attached hydrogen (secondary N) is 1. The minimum atomic E-state index is -0.304. The van der Waals surface area contributed by atoms with Crippen LogP contribution in [-0.4, -0.2) is 82.4 Å². The second-order valence-corrected chi connectivity index (χ2v) is 23.8. The summed E-state index contributed by atoms with van der Waals surface area (Å²) < 4.78 is 24.6. The minimum absolute atomic E-state index is 0.0319. The Hall–Kier alpha value is -1.41. The molecule has 1 saturated heterocycles. The van der Waals surface area contributed by atoms with Crippen molar-refractivity contribution in [1.82, 2.24) is 10.2 Å². The molecule has 0 aromatic carbocycles. The second-order valence-electron chi connectivity index (χ2n) is 23.8. The molecule has 0 radical (unpaired) electrons. The largest absolute Gasteiger partial charge is 0.446 e. The van der Waals surface area contributed by atoms with Crippen LogP contribution in [0.5, 0.6) is 0 Å². The summed E-state index contributed by atoms with van der Waals surface area (Å²) in [5, 5.41) is 2.98. The molecule has 0 spiro atoms. The third-order valence-corrected chi connectivity index (χ3v) is 18.3. The Morgan fingerprint density at radius 2 is 1.52 bits per heavy atom. The van der Waals surface area contributed by atoms with Gasteiger partial charge in [-0.1, -0.05) is 156 Å². The van der Waals surface area contributed by atoms with Crippen LogP contribution in [0, 0.1) is 52.3 Å². The summed E-state index contributed by atoms with van der Waals surface area (Å²) in [5.74, 6) is 5.86. The first-order chi connectivity index (χ1) is 32.6. The third-order valence-electron chi connectivity index (χ3n) is 18.3. The van der Waals surface area contributed by atoms with Crippen LogP contribution in [0.4, 0.5) is 4.79 Å². The number of hydrogen-bond donors (Lipinski definition) is 1. The Balaban J connectivity index is 0.916. The average molecular weight is 938 g/mol. The predicted molar refractivity (Wildman–Crippen MR) is 282 cm³/mol. The highest BCUT2D eigenvalue weighted by molar-refractivity contribution is 5.67. The predicted octanol–water partition coefficient (Wildman–Crippen LogP) is 15.7. The molecule has 1 N–H and O–H groups in total. The highest BCUT2D eigenvalue weighted by Gasteiger charge is 2.59. The zero-order valence-corrected chi connectivity index (χ0v) is 45.1. The Morgan fingerprint density at radius 1 is 0.776 bits per heavy atom. The first kappa shape index (κ1) is 56.5. The van der Waals surface area contributed by atoms with E-state index in [0.29, 0.717) is 38.4 Å². The fraction of sp³-hybridized carbons (Fsp3) is 0.917. The number of nitrogens with zero attached hydrogens (tertiary/aromatic N) is 1. The smallest absolute Gasteiger partial charge is 0.407 e. The normalized spacial score (nSPS) is 29.5. The summed E-state index contributed by atoms with van der Waals surface area (Å²) in [6, 6.07) is 0. The molecule has 1 heterocycles. The van der Waals surface area contributed by atoms with Crippen molar-refractivity contribution < 1.29 is 23.7 Å². The van der Waals surface area contributed by atoms with Crippen molar-refractivity contribution in [3.05, 3.63) is 23.8 Å². The Morgan fingerprint density at radius 3 is 2.27 bits per heavy atom. The number of carbonyl (C=O) groups excluding carboxylic acids is 1. The number of unbranched alkanes of at least 4 members (excludes halogenated alkanes) is 12. The van der Waals surface area contributed by atoms with E-state index in [4.69, 9.17) is 18.9 Å². The monoisotopic (exact) mass is 937 g/mol. The fourth-order valence-electron chi connectivity index (χ4n) is 14.4. The number of likely N-dealkylation sites (tertiary alicyclic amines) is 1. The van der Waals surface area contributed by atoms with Gasteiger partial charge in [0.1, 0.15) is 6.10 Å². The van der Waals surface area contributed by atoms with E-state index >= 15 is 0 Å². The number of rotatable bonds is 35. The zero-order valence-electron chi connectivity index (χ0n) is 45.1. The van der Waals surface area contributed by atoms with Gasteiger partial charge in [-0.25, -0.2) is 4.79 Å². The lowest BCUT2D eigenvalue weighted by atomic mass is 9.47. The first-order valence-electron chi connectivity index (χ1n) is 29.4. The van der Waals surface area contributed by atoms with Crippen molar-refractivity contribution in [3.63, 3.8) is 0 Å². The lowest BCUT2D eigenvalue weighted by Crippen LogP contribution is -2.51. The van der Waals surface area contributed by atoms with Crippen LogP contribution >= 0.6 is 0 Å². The van der Waals surface area contributed by atoms with Gasteiger partial charge in [-0.2, -0.15) is 0 Å². The van der Waals surface area contributed by atoms with Crippen molar-refractivity contribution in [1.29, 1.82) is 0 Å². The van der Waals surface area contributed by atoms with Crippen LogP contribution in [-0.2, 0) is 18.9 Å². The zero-order chi connectivity index (χ0) is 47.7. The fourth-order valence-corrected chi connectivity index (χ4v) is 14.4. The highest BCUT2D eigenvalue weighted by atomic mass is 16.6. The molecule has 388 valence electrons. The van der Waals surface area contributed by atoms with Crippen molar-refractivity contribution in [2.75, 3.05) is 59.2 Å². The van der Waals surface area contributed by atoms with Crippen LogP contribution in [0.1, 0.15) is 228 Å². The average Bonchev–Trinajstić information content (AvgIpc) is 3.91. The number of ether oxygens (including phenoxy) is 4. The van der Waals surface area contributed by atoms with E-state index in [1.54, 1.807) is 5.57 Å². The number of allylic oxidation sites excluding steroid dienone is 3. The van der Waals surface area contributed by atoms with Crippen molar-refractivity contribution in [2.24, 2.45) is 52.3 Å². The summed E-state index contributed by atoms with van der Waals surface area (Å²) in [5.41, 5.74) is 2.36. The standard InChI is InChI=1S/C60H108N2O5/c1-8-10-11-12-13-14-15-16-17-18-19-20-21-22-23-24-40-65-47-53(46-62-39-35-50(45-62)26-9-2)66-43-42-64-41-38-61-58(63)67-52-33-36-59(6)51(44-52)29-30-54-56-32-31-55(49(5)28-25-27-48(3)4)60(56,7)37-34-57(54)59/h16-17,29,48-50,52-57H,8-15,18-28,30-47H2,1-7H3,(H,61,63)/b17-16-/t49-,50-,52?,53?,54-,55-,56?,57?,59+,60-/m1/s1. The van der Waals surface area contributed by atoms with Gasteiger partial charge in [0.05, 0.1) is 32.5 Å². The van der Waals surface area contributed by atoms with Gasteiger partial charge in [0, 0.05) is 32.7 Å². The molecule has 7 heteroatoms.